The smallest absolute Gasteiger partial charge is 0.306 e. The number of ether oxygens (including phenoxy) is 2. The van der Waals surface area contributed by atoms with E-state index in [9.17, 15) is 14.4 Å². The van der Waals surface area contributed by atoms with Crippen molar-refractivity contribution in [3.8, 4) is 5.75 Å². The van der Waals surface area contributed by atoms with Crippen LogP contribution in [0.25, 0.3) is 0 Å². The van der Waals surface area contributed by atoms with E-state index in [4.69, 9.17) is 9.47 Å². The number of esters is 1. The van der Waals surface area contributed by atoms with E-state index in [0.717, 1.165) is 12.8 Å². The first-order valence-corrected chi connectivity index (χ1v) is 10.6. The van der Waals surface area contributed by atoms with Crippen LogP contribution in [0.3, 0.4) is 0 Å². The van der Waals surface area contributed by atoms with Gasteiger partial charge in [0.1, 0.15) is 5.75 Å². The zero-order valence-electron chi connectivity index (χ0n) is 18.4. The van der Waals surface area contributed by atoms with E-state index >= 15 is 0 Å². The third kappa shape index (κ3) is 9.03. The minimum absolute atomic E-state index is 0.00181. The summed E-state index contributed by atoms with van der Waals surface area (Å²) in [6, 6.07) is 16.9. The Hall–Kier alpha value is -3.15. The Morgan fingerprint density at radius 2 is 1.65 bits per heavy atom. The van der Waals surface area contributed by atoms with Crippen molar-refractivity contribution in [2.75, 3.05) is 6.61 Å². The molecular formula is C25H31NO5. The van der Waals surface area contributed by atoms with Gasteiger partial charge in [-0.2, -0.15) is 0 Å². The number of nitrogens with one attached hydrogen (secondary N) is 1. The SMILES string of the molecule is CC(=O)c1ccc(OCCCC(=O)O[C@H](C)C(=O)N[C@H](C)CCc2ccccc2)cc1. The maximum Gasteiger partial charge on any atom is 0.306 e. The van der Waals surface area contributed by atoms with E-state index in [2.05, 4.69) is 17.4 Å². The molecule has 1 amide bonds. The number of hydrogen-bond donors (Lipinski definition) is 1. The first-order valence-electron chi connectivity index (χ1n) is 10.6. The largest absolute Gasteiger partial charge is 0.494 e. The number of rotatable bonds is 12. The number of hydrogen-bond acceptors (Lipinski definition) is 5. The molecule has 2 atom stereocenters. The molecule has 0 saturated carbocycles. The number of Topliss-reactive ketones (excluding diaryl/α,β-unsaturated/α-hetero) is 1. The normalized spacial score (nSPS) is 12.5. The van der Waals surface area contributed by atoms with Gasteiger partial charge in [0.15, 0.2) is 11.9 Å². The Balaban J connectivity index is 1.61. The third-order valence-corrected chi connectivity index (χ3v) is 4.83. The van der Waals surface area contributed by atoms with Gasteiger partial charge in [0.25, 0.3) is 5.91 Å². The predicted octanol–water partition coefficient (Wildman–Crippen LogP) is 4.12. The standard InChI is InChI=1S/C25H31NO5/c1-18(11-12-21-8-5-4-6-9-21)26-25(29)20(3)31-24(28)10-7-17-30-23-15-13-22(14-16-23)19(2)27/h4-6,8-9,13-16,18,20H,7,10-12,17H2,1-3H3,(H,26,29)/t18-,20-/m1/s1. The number of amides is 1. The second-order valence-electron chi connectivity index (χ2n) is 7.60. The lowest BCUT2D eigenvalue weighted by molar-refractivity contribution is -0.155. The summed E-state index contributed by atoms with van der Waals surface area (Å²) >= 11 is 0. The molecule has 0 aliphatic heterocycles. The molecule has 0 heterocycles. The van der Waals surface area contributed by atoms with Gasteiger partial charge in [0.05, 0.1) is 6.61 Å². The van der Waals surface area contributed by atoms with Crippen molar-refractivity contribution in [3.05, 3.63) is 65.7 Å². The van der Waals surface area contributed by atoms with Crippen LogP contribution in [0.2, 0.25) is 0 Å². The summed E-state index contributed by atoms with van der Waals surface area (Å²) < 4.78 is 10.8. The van der Waals surface area contributed by atoms with Crippen LogP contribution < -0.4 is 10.1 Å². The van der Waals surface area contributed by atoms with Gasteiger partial charge < -0.3 is 14.8 Å². The second kappa shape index (κ2) is 12.5. The summed E-state index contributed by atoms with van der Waals surface area (Å²) in [6.45, 7) is 5.36. The van der Waals surface area contributed by atoms with E-state index < -0.39 is 12.1 Å². The lowest BCUT2D eigenvalue weighted by atomic mass is 10.1. The Morgan fingerprint density at radius 1 is 0.968 bits per heavy atom. The highest BCUT2D eigenvalue weighted by Gasteiger charge is 2.19. The van der Waals surface area contributed by atoms with Gasteiger partial charge in [-0.3, -0.25) is 14.4 Å². The molecule has 2 aromatic carbocycles. The molecule has 166 valence electrons. The Morgan fingerprint density at radius 3 is 2.29 bits per heavy atom. The number of ketones is 1. The lowest BCUT2D eigenvalue weighted by Crippen LogP contribution is -2.41. The molecule has 0 spiro atoms. The molecule has 0 bridgehead atoms. The highest BCUT2D eigenvalue weighted by Crippen LogP contribution is 2.13. The summed E-state index contributed by atoms with van der Waals surface area (Å²) in [6.07, 6.45) is 1.46. The predicted molar refractivity (Wildman–Crippen MR) is 119 cm³/mol. The first-order chi connectivity index (χ1) is 14.8. The fraction of sp³-hybridized carbons (Fsp3) is 0.400. The van der Waals surface area contributed by atoms with Gasteiger partial charge in [0.2, 0.25) is 0 Å². The monoisotopic (exact) mass is 425 g/mol. The summed E-state index contributed by atoms with van der Waals surface area (Å²) in [5, 5.41) is 2.89. The lowest BCUT2D eigenvalue weighted by Gasteiger charge is -2.18. The second-order valence-corrected chi connectivity index (χ2v) is 7.60. The van der Waals surface area contributed by atoms with Gasteiger partial charge in [-0.25, -0.2) is 0 Å². The quantitative estimate of drug-likeness (QED) is 0.314. The van der Waals surface area contributed by atoms with Crippen LogP contribution in [0.1, 0.15) is 56.0 Å². The van der Waals surface area contributed by atoms with Crippen molar-refractivity contribution in [2.45, 2.75) is 58.6 Å². The van der Waals surface area contributed by atoms with Gasteiger partial charge in [-0.15, -0.1) is 0 Å². The average Bonchev–Trinajstić information content (AvgIpc) is 2.76. The molecule has 1 N–H and O–H groups in total. The molecule has 0 aromatic heterocycles. The third-order valence-electron chi connectivity index (χ3n) is 4.83. The van der Waals surface area contributed by atoms with Crippen molar-refractivity contribution in [1.82, 2.24) is 5.32 Å². The Kier molecular flexibility index (Phi) is 9.75. The maximum absolute atomic E-state index is 12.3. The number of aryl methyl sites for hydroxylation is 1. The minimum atomic E-state index is -0.841. The van der Waals surface area contributed by atoms with Crippen LogP contribution in [0.5, 0.6) is 5.75 Å². The minimum Gasteiger partial charge on any atom is -0.494 e. The molecule has 0 aliphatic carbocycles. The Labute approximate surface area is 183 Å². The summed E-state index contributed by atoms with van der Waals surface area (Å²) in [5.74, 6) is -0.0977. The number of carbonyl (C=O) groups excluding carboxylic acids is 3. The van der Waals surface area contributed by atoms with Gasteiger partial charge >= 0.3 is 5.97 Å². The van der Waals surface area contributed by atoms with Gasteiger partial charge in [0, 0.05) is 18.0 Å². The van der Waals surface area contributed by atoms with Crippen LogP contribution in [-0.2, 0) is 20.7 Å². The molecule has 0 unspecified atom stereocenters. The molecule has 0 fully saturated rings. The van der Waals surface area contributed by atoms with Gasteiger partial charge in [-0.1, -0.05) is 30.3 Å². The first kappa shape index (κ1) is 24.1. The van der Waals surface area contributed by atoms with Gasteiger partial charge in [-0.05, 0) is 69.9 Å². The fourth-order valence-corrected chi connectivity index (χ4v) is 2.96. The highest BCUT2D eigenvalue weighted by atomic mass is 16.5. The van der Waals surface area contributed by atoms with Crippen LogP contribution in [0, 0.1) is 0 Å². The van der Waals surface area contributed by atoms with E-state index in [0.29, 0.717) is 24.3 Å². The van der Waals surface area contributed by atoms with Crippen molar-refractivity contribution in [1.29, 1.82) is 0 Å². The van der Waals surface area contributed by atoms with Crippen LogP contribution >= 0.6 is 0 Å². The highest BCUT2D eigenvalue weighted by molar-refractivity contribution is 5.94. The van der Waals surface area contributed by atoms with E-state index in [1.807, 2.05) is 25.1 Å². The van der Waals surface area contributed by atoms with E-state index in [1.54, 1.807) is 31.2 Å². The maximum atomic E-state index is 12.3. The zero-order chi connectivity index (χ0) is 22.6. The molecule has 0 saturated heterocycles. The Bertz CT molecular complexity index is 848. The molecule has 0 aliphatic rings. The molecular weight excluding hydrogens is 394 g/mol. The number of benzene rings is 2. The molecule has 31 heavy (non-hydrogen) atoms. The number of carbonyl (C=O) groups is 3. The van der Waals surface area contributed by atoms with Crippen molar-refractivity contribution >= 4 is 17.7 Å². The average molecular weight is 426 g/mol. The van der Waals surface area contributed by atoms with Crippen molar-refractivity contribution in [2.24, 2.45) is 0 Å². The zero-order valence-corrected chi connectivity index (χ0v) is 18.4. The summed E-state index contributed by atoms with van der Waals surface area (Å²) in [4.78, 5) is 35.5. The van der Waals surface area contributed by atoms with Crippen LogP contribution in [0.4, 0.5) is 0 Å². The van der Waals surface area contributed by atoms with E-state index in [1.165, 1.54) is 12.5 Å². The van der Waals surface area contributed by atoms with Crippen molar-refractivity contribution < 1.29 is 23.9 Å². The molecule has 0 radical (unpaired) electrons. The van der Waals surface area contributed by atoms with Crippen LogP contribution in [0.15, 0.2) is 54.6 Å². The molecule has 2 rings (SSSR count). The molecule has 6 heteroatoms. The van der Waals surface area contributed by atoms with Crippen LogP contribution in [-0.4, -0.2) is 36.4 Å². The van der Waals surface area contributed by atoms with E-state index in [-0.39, 0.29) is 24.2 Å². The summed E-state index contributed by atoms with van der Waals surface area (Å²) in [7, 11) is 0. The molecule has 6 nitrogen and oxygen atoms in total. The molecule has 2 aromatic rings. The summed E-state index contributed by atoms with van der Waals surface area (Å²) in [5.41, 5.74) is 1.85. The topological polar surface area (TPSA) is 81.7 Å². The fourth-order valence-electron chi connectivity index (χ4n) is 2.96. The van der Waals surface area contributed by atoms with Crippen molar-refractivity contribution in [3.63, 3.8) is 0 Å².